The van der Waals surface area contributed by atoms with E-state index in [9.17, 15) is 8.42 Å². The fourth-order valence-corrected chi connectivity index (χ4v) is 5.05. The molecule has 0 saturated carbocycles. The average molecular weight is 480 g/mol. The van der Waals surface area contributed by atoms with Crippen molar-refractivity contribution in [3.63, 3.8) is 0 Å². The van der Waals surface area contributed by atoms with Crippen LogP contribution in [0.15, 0.2) is 64.0 Å². The maximum atomic E-state index is 12.6. The number of ether oxygens (including phenoxy) is 1. The molecule has 0 unspecified atom stereocenters. The van der Waals surface area contributed by atoms with Crippen LogP contribution in [0.1, 0.15) is 12.7 Å². The van der Waals surface area contributed by atoms with Crippen LogP contribution in [0.3, 0.4) is 0 Å². The molecule has 1 N–H and O–H groups in total. The second kappa shape index (κ2) is 9.05. The van der Waals surface area contributed by atoms with Gasteiger partial charge in [-0.1, -0.05) is 24.3 Å². The highest BCUT2D eigenvalue weighted by Gasteiger charge is 2.33. The summed E-state index contributed by atoms with van der Waals surface area (Å²) in [5, 5.41) is 11.0. The van der Waals surface area contributed by atoms with Gasteiger partial charge in [0.15, 0.2) is 9.84 Å². The quantitative estimate of drug-likeness (QED) is 0.425. The number of hydrogen-bond donors (Lipinski definition) is 1. The Morgan fingerprint density at radius 1 is 1.00 bits per heavy atom. The van der Waals surface area contributed by atoms with E-state index >= 15 is 0 Å². The van der Waals surface area contributed by atoms with Crippen molar-refractivity contribution in [3.8, 4) is 34.3 Å². The first kappa shape index (κ1) is 22.3. The van der Waals surface area contributed by atoms with Gasteiger partial charge in [0.25, 0.3) is 5.89 Å². The largest absolute Gasteiger partial charge is 0.415 e. The first-order valence-corrected chi connectivity index (χ1v) is 12.3. The molecule has 2 aromatic heterocycles. The molecule has 4 aromatic rings. The molecular formula is C24H25N5O4S. The Bertz CT molecular complexity index is 1420. The third-order valence-corrected chi connectivity index (χ3v) is 7.77. The van der Waals surface area contributed by atoms with Crippen molar-refractivity contribution in [1.29, 1.82) is 0 Å². The van der Waals surface area contributed by atoms with Crippen molar-refractivity contribution >= 4 is 9.84 Å². The molecular weight excluding hydrogens is 454 g/mol. The summed E-state index contributed by atoms with van der Waals surface area (Å²) in [5.74, 6) is 0.664. The van der Waals surface area contributed by atoms with E-state index < -0.39 is 15.1 Å². The minimum Gasteiger partial charge on any atom is -0.415 e. The van der Waals surface area contributed by atoms with Crippen molar-refractivity contribution in [2.24, 2.45) is 0 Å². The number of benzene rings is 2. The fraction of sp³-hybridized carbons (Fsp3) is 0.250. The van der Waals surface area contributed by atoms with Crippen molar-refractivity contribution in [2.45, 2.75) is 23.6 Å². The first-order valence-electron chi connectivity index (χ1n) is 10.8. The molecule has 0 atom stereocenters. The van der Waals surface area contributed by atoms with E-state index in [2.05, 4.69) is 25.5 Å². The summed E-state index contributed by atoms with van der Waals surface area (Å²) in [6.07, 6.45) is 1.64. The lowest BCUT2D eigenvalue weighted by Gasteiger charge is -2.25. The van der Waals surface area contributed by atoms with Gasteiger partial charge in [-0.3, -0.25) is 4.98 Å². The highest BCUT2D eigenvalue weighted by Crippen LogP contribution is 2.28. The van der Waals surface area contributed by atoms with Crippen LogP contribution >= 0.6 is 0 Å². The smallest absolute Gasteiger partial charge is 0.268 e. The zero-order valence-corrected chi connectivity index (χ0v) is 19.5. The molecule has 0 bridgehead atoms. The van der Waals surface area contributed by atoms with Crippen LogP contribution in [0.2, 0.25) is 0 Å². The molecule has 9 nitrogen and oxygen atoms in total. The van der Waals surface area contributed by atoms with Gasteiger partial charge in [-0.25, -0.2) is 13.4 Å². The van der Waals surface area contributed by atoms with Crippen LogP contribution in [0.4, 0.5) is 0 Å². The maximum absolute atomic E-state index is 12.6. The van der Waals surface area contributed by atoms with Crippen molar-refractivity contribution < 1.29 is 19.0 Å². The highest BCUT2D eigenvalue weighted by atomic mass is 32.2. The lowest BCUT2D eigenvalue weighted by Crippen LogP contribution is -2.40. The van der Waals surface area contributed by atoms with E-state index in [0.717, 1.165) is 23.2 Å². The maximum Gasteiger partial charge on any atom is 0.268 e. The minimum atomic E-state index is -3.39. The standard InChI is InChI=1S/C24H23N5O4S.H2/c1-15-22(24-29-28-23(33-24)18-5-3-16(4-6-18)11-25-2)27-21(12-26-15)17-7-9-19(10-8-17)34(30,31)20-13-32-14-20;/h3-10,12,20,25H,11,13-14H2,1-2H3;1H. The fourth-order valence-electron chi connectivity index (χ4n) is 3.60. The van der Waals surface area contributed by atoms with Gasteiger partial charge in [0.2, 0.25) is 5.89 Å². The molecule has 10 heteroatoms. The number of sulfone groups is 1. The molecule has 5 rings (SSSR count). The summed E-state index contributed by atoms with van der Waals surface area (Å²) in [5.41, 5.74) is 4.40. The first-order chi connectivity index (χ1) is 16.5. The Labute approximate surface area is 198 Å². The lowest BCUT2D eigenvalue weighted by atomic mass is 10.1. The van der Waals surface area contributed by atoms with E-state index in [0.29, 0.717) is 23.0 Å². The molecule has 0 amide bonds. The van der Waals surface area contributed by atoms with E-state index in [-0.39, 0.29) is 25.4 Å². The Hall–Kier alpha value is -3.47. The van der Waals surface area contributed by atoms with Gasteiger partial charge in [-0.2, -0.15) is 0 Å². The third-order valence-electron chi connectivity index (χ3n) is 5.69. The number of hydrogen-bond acceptors (Lipinski definition) is 9. The van der Waals surface area contributed by atoms with Crippen molar-refractivity contribution in [2.75, 3.05) is 20.3 Å². The van der Waals surface area contributed by atoms with Crippen molar-refractivity contribution in [1.82, 2.24) is 25.5 Å². The van der Waals surface area contributed by atoms with E-state index in [1.54, 1.807) is 30.5 Å². The number of nitrogens with one attached hydrogen (secondary N) is 1. The summed E-state index contributed by atoms with van der Waals surface area (Å²) in [6, 6.07) is 14.5. The van der Waals surface area contributed by atoms with E-state index in [4.69, 9.17) is 9.15 Å². The minimum absolute atomic E-state index is 0. The SMILES string of the molecule is CNCc1ccc(-c2nnc(-c3nc(-c4ccc(S(=O)(=O)C5COC5)cc4)cnc3C)o2)cc1.[HH]. The Morgan fingerprint density at radius 2 is 1.68 bits per heavy atom. The predicted molar refractivity (Wildman–Crippen MR) is 128 cm³/mol. The summed E-state index contributed by atoms with van der Waals surface area (Å²) < 4.78 is 36.1. The second-order valence-corrected chi connectivity index (χ2v) is 10.3. The molecule has 1 aliphatic heterocycles. The number of rotatable bonds is 7. The average Bonchev–Trinajstić information content (AvgIpc) is 3.29. The zero-order chi connectivity index (χ0) is 23.7. The van der Waals surface area contributed by atoms with Gasteiger partial charge >= 0.3 is 0 Å². The molecule has 2 aromatic carbocycles. The van der Waals surface area contributed by atoms with Gasteiger partial charge in [-0.15, -0.1) is 10.2 Å². The Balaban J connectivity index is 0.00000289. The Morgan fingerprint density at radius 3 is 2.32 bits per heavy atom. The topological polar surface area (TPSA) is 120 Å². The molecule has 1 aliphatic rings. The number of nitrogens with zero attached hydrogens (tertiary/aromatic N) is 4. The number of aromatic nitrogens is 4. The molecule has 0 spiro atoms. The summed E-state index contributed by atoms with van der Waals surface area (Å²) in [7, 11) is -1.49. The van der Waals surface area contributed by atoms with Gasteiger partial charge in [-0.05, 0) is 43.8 Å². The van der Waals surface area contributed by atoms with Crippen LogP contribution in [-0.4, -0.2) is 54.1 Å². The highest BCUT2D eigenvalue weighted by molar-refractivity contribution is 7.92. The normalized spacial score (nSPS) is 14.2. The summed E-state index contributed by atoms with van der Waals surface area (Å²) >= 11 is 0. The second-order valence-electron chi connectivity index (χ2n) is 8.06. The van der Waals surface area contributed by atoms with Gasteiger partial charge in [0, 0.05) is 19.1 Å². The Kier molecular flexibility index (Phi) is 5.94. The molecule has 1 saturated heterocycles. The van der Waals surface area contributed by atoms with Gasteiger partial charge in [0.1, 0.15) is 10.9 Å². The van der Waals surface area contributed by atoms with Gasteiger partial charge in [0.05, 0.1) is 35.7 Å². The molecule has 34 heavy (non-hydrogen) atoms. The van der Waals surface area contributed by atoms with Crippen LogP contribution in [0, 0.1) is 6.92 Å². The van der Waals surface area contributed by atoms with Crippen LogP contribution in [0.25, 0.3) is 34.3 Å². The molecule has 0 radical (unpaired) electrons. The zero-order valence-electron chi connectivity index (χ0n) is 18.7. The summed E-state index contributed by atoms with van der Waals surface area (Å²) in [4.78, 5) is 9.38. The number of aryl methyl sites for hydroxylation is 1. The van der Waals surface area contributed by atoms with E-state index in [1.165, 1.54) is 0 Å². The van der Waals surface area contributed by atoms with E-state index in [1.807, 2.05) is 38.2 Å². The lowest BCUT2D eigenvalue weighted by molar-refractivity contribution is 0.0416. The van der Waals surface area contributed by atoms with Crippen LogP contribution in [-0.2, 0) is 21.1 Å². The van der Waals surface area contributed by atoms with Crippen LogP contribution in [0.5, 0.6) is 0 Å². The monoisotopic (exact) mass is 479 g/mol. The molecule has 1 fully saturated rings. The molecule has 0 aliphatic carbocycles. The van der Waals surface area contributed by atoms with Crippen molar-refractivity contribution in [3.05, 3.63) is 66.0 Å². The third kappa shape index (κ3) is 4.23. The van der Waals surface area contributed by atoms with Crippen LogP contribution < -0.4 is 5.32 Å². The van der Waals surface area contributed by atoms with Gasteiger partial charge < -0.3 is 14.5 Å². The molecule has 176 valence electrons. The predicted octanol–water partition coefficient (Wildman–Crippen LogP) is 3.31. The molecule has 3 heterocycles. The summed E-state index contributed by atoms with van der Waals surface area (Å²) in [6.45, 7) is 3.07.